The van der Waals surface area contributed by atoms with E-state index in [0.29, 0.717) is 6.04 Å². The number of rotatable bonds is 2. The number of primary amides is 1. The van der Waals surface area contributed by atoms with Crippen LogP contribution >= 0.6 is 0 Å². The summed E-state index contributed by atoms with van der Waals surface area (Å²) < 4.78 is 0. The number of piperidine rings is 1. The van der Waals surface area contributed by atoms with Crippen molar-refractivity contribution in [3.8, 4) is 0 Å². The average Bonchev–Trinajstić information content (AvgIpc) is 2.04. The van der Waals surface area contributed by atoms with Crippen molar-refractivity contribution in [2.24, 2.45) is 11.7 Å². The smallest absolute Gasteiger partial charge is 0.223 e. The highest BCUT2D eigenvalue weighted by Crippen LogP contribution is 2.14. The average molecular weight is 171 g/mol. The van der Waals surface area contributed by atoms with E-state index in [4.69, 9.17) is 5.73 Å². The summed E-state index contributed by atoms with van der Waals surface area (Å²) >= 11 is 0. The maximum absolute atomic E-state index is 11.0. The van der Waals surface area contributed by atoms with Crippen LogP contribution in [0.5, 0.6) is 0 Å². The first-order chi connectivity index (χ1) is 5.63. The zero-order valence-corrected chi connectivity index (χ0v) is 7.71. The van der Waals surface area contributed by atoms with Gasteiger partial charge in [-0.15, -0.1) is 0 Å². The van der Waals surface area contributed by atoms with E-state index in [1.165, 1.54) is 0 Å². The van der Waals surface area contributed by atoms with Crippen LogP contribution in [0.15, 0.2) is 0 Å². The fraction of sp³-hybridized carbons (Fsp3) is 0.875. The summed E-state index contributed by atoms with van der Waals surface area (Å²) in [5.41, 5.74) is 5.29. The van der Waals surface area contributed by atoms with Gasteiger partial charge in [0.25, 0.3) is 0 Å². The number of carbonyl (C=O) groups excluding carboxylic acids is 1. The standard InChI is InChI=1S/C8H17N3O/c1-11(2)7-3-4-10-5-6(7)8(9)12/h6-7,10H,3-5H2,1-2H3,(H2,9,12). The van der Waals surface area contributed by atoms with Gasteiger partial charge in [0.15, 0.2) is 0 Å². The minimum Gasteiger partial charge on any atom is -0.369 e. The molecule has 0 aromatic carbocycles. The fourth-order valence-electron chi connectivity index (χ4n) is 1.75. The second kappa shape index (κ2) is 3.87. The summed E-state index contributed by atoms with van der Waals surface area (Å²) in [6, 6.07) is 0.309. The van der Waals surface area contributed by atoms with E-state index < -0.39 is 0 Å². The summed E-state index contributed by atoms with van der Waals surface area (Å²) in [4.78, 5) is 13.1. The van der Waals surface area contributed by atoms with Crippen LogP contribution in [0.25, 0.3) is 0 Å². The maximum atomic E-state index is 11.0. The highest BCUT2D eigenvalue weighted by molar-refractivity contribution is 5.77. The third-order valence-corrected chi connectivity index (χ3v) is 2.47. The van der Waals surface area contributed by atoms with E-state index in [-0.39, 0.29) is 11.8 Å². The third-order valence-electron chi connectivity index (χ3n) is 2.47. The fourth-order valence-corrected chi connectivity index (χ4v) is 1.75. The van der Waals surface area contributed by atoms with Gasteiger partial charge >= 0.3 is 0 Å². The van der Waals surface area contributed by atoms with Gasteiger partial charge in [0.05, 0.1) is 5.92 Å². The Bertz CT molecular complexity index is 170. The normalized spacial score (nSPS) is 30.6. The number of hydrogen-bond acceptors (Lipinski definition) is 3. The molecule has 2 unspecified atom stereocenters. The molecule has 0 saturated carbocycles. The number of hydrogen-bond donors (Lipinski definition) is 2. The van der Waals surface area contributed by atoms with Crippen LogP contribution in [-0.2, 0) is 4.79 Å². The molecule has 1 aliphatic heterocycles. The molecule has 1 fully saturated rings. The van der Waals surface area contributed by atoms with Gasteiger partial charge in [-0.3, -0.25) is 4.79 Å². The van der Waals surface area contributed by atoms with E-state index in [1.54, 1.807) is 0 Å². The Morgan fingerprint density at radius 1 is 1.58 bits per heavy atom. The molecule has 1 aliphatic rings. The van der Waals surface area contributed by atoms with Crippen molar-refractivity contribution < 1.29 is 4.79 Å². The number of amides is 1. The molecule has 3 N–H and O–H groups in total. The van der Waals surface area contributed by atoms with Gasteiger partial charge in [0.2, 0.25) is 5.91 Å². The van der Waals surface area contributed by atoms with Crippen LogP contribution in [0.1, 0.15) is 6.42 Å². The van der Waals surface area contributed by atoms with Gasteiger partial charge in [0, 0.05) is 12.6 Å². The second-order valence-electron chi connectivity index (χ2n) is 3.53. The predicted octanol–water partition coefficient (Wildman–Crippen LogP) is -0.989. The quantitative estimate of drug-likeness (QED) is 0.561. The monoisotopic (exact) mass is 171 g/mol. The van der Waals surface area contributed by atoms with E-state index in [1.807, 2.05) is 14.1 Å². The van der Waals surface area contributed by atoms with Crippen molar-refractivity contribution in [1.29, 1.82) is 0 Å². The van der Waals surface area contributed by atoms with Crippen LogP contribution in [0.3, 0.4) is 0 Å². The molecule has 1 rings (SSSR count). The lowest BCUT2D eigenvalue weighted by Crippen LogP contribution is -2.51. The molecule has 0 bridgehead atoms. The van der Waals surface area contributed by atoms with Crippen molar-refractivity contribution in [1.82, 2.24) is 10.2 Å². The first-order valence-corrected chi connectivity index (χ1v) is 4.29. The summed E-state index contributed by atoms with van der Waals surface area (Å²) in [5, 5.41) is 3.17. The number of nitrogens with two attached hydrogens (primary N) is 1. The van der Waals surface area contributed by atoms with E-state index in [9.17, 15) is 4.79 Å². The Labute approximate surface area is 73.1 Å². The van der Waals surface area contributed by atoms with Gasteiger partial charge in [-0.25, -0.2) is 0 Å². The van der Waals surface area contributed by atoms with Gasteiger partial charge < -0.3 is 16.0 Å². The Balaban J connectivity index is 2.60. The maximum Gasteiger partial charge on any atom is 0.223 e. The van der Waals surface area contributed by atoms with E-state index >= 15 is 0 Å². The molecule has 4 nitrogen and oxygen atoms in total. The van der Waals surface area contributed by atoms with Gasteiger partial charge in [0.1, 0.15) is 0 Å². The highest BCUT2D eigenvalue weighted by Gasteiger charge is 2.30. The Hall–Kier alpha value is -0.610. The zero-order chi connectivity index (χ0) is 9.14. The van der Waals surface area contributed by atoms with Gasteiger partial charge in [-0.1, -0.05) is 0 Å². The molecule has 0 aromatic rings. The molecule has 0 aliphatic carbocycles. The van der Waals surface area contributed by atoms with Crippen molar-refractivity contribution in [2.45, 2.75) is 12.5 Å². The van der Waals surface area contributed by atoms with Crippen molar-refractivity contribution >= 4 is 5.91 Å². The van der Waals surface area contributed by atoms with E-state index in [0.717, 1.165) is 19.5 Å². The molecule has 0 aromatic heterocycles. The number of nitrogens with one attached hydrogen (secondary N) is 1. The van der Waals surface area contributed by atoms with Gasteiger partial charge in [-0.2, -0.15) is 0 Å². The van der Waals surface area contributed by atoms with Crippen LogP contribution < -0.4 is 11.1 Å². The van der Waals surface area contributed by atoms with Crippen LogP contribution in [0.2, 0.25) is 0 Å². The highest BCUT2D eigenvalue weighted by atomic mass is 16.1. The van der Waals surface area contributed by atoms with Crippen LogP contribution in [0.4, 0.5) is 0 Å². The molecular weight excluding hydrogens is 154 g/mol. The topological polar surface area (TPSA) is 58.4 Å². The predicted molar refractivity (Wildman–Crippen MR) is 47.6 cm³/mol. The third kappa shape index (κ3) is 1.95. The largest absolute Gasteiger partial charge is 0.369 e. The Morgan fingerprint density at radius 3 is 2.67 bits per heavy atom. The first-order valence-electron chi connectivity index (χ1n) is 4.29. The molecule has 70 valence electrons. The lowest BCUT2D eigenvalue weighted by Gasteiger charge is -2.34. The SMILES string of the molecule is CN(C)C1CCNCC1C(N)=O. The lowest BCUT2D eigenvalue weighted by atomic mass is 9.92. The molecule has 0 radical (unpaired) electrons. The molecule has 1 heterocycles. The molecule has 12 heavy (non-hydrogen) atoms. The Kier molecular flexibility index (Phi) is 3.05. The molecule has 1 amide bonds. The van der Waals surface area contributed by atoms with Crippen LogP contribution in [0, 0.1) is 5.92 Å². The Morgan fingerprint density at radius 2 is 2.25 bits per heavy atom. The number of nitrogens with zero attached hydrogens (tertiary/aromatic N) is 1. The zero-order valence-electron chi connectivity index (χ0n) is 7.71. The second-order valence-corrected chi connectivity index (χ2v) is 3.53. The van der Waals surface area contributed by atoms with E-state index in [2.05, 4.69) is 10.2 Å². The minimum atomic E-state index is -0.194. The lowest BCUT2D eigenvalue weighted by molar-refractivity contribution is -0.124. The number of carbonyl (C=O) groups is 1. The van der Waals surface area contributed by atoms with Gasteiger partial charge in [-0.05, 0) is 27.1 Å². The van der Waals surface area contributed by atoms with Crippen molar-refractivity contribution in [2.75, 3.05) is 27.2 Å². The summed E-state index contributed by atoms with van der Waals surface area (Å²) in [6.07, 6.45) is 1.00. The molecule has 1 saturated heterocycles. The molecule has 0 spiro atoms. The van der Waals surface area contributed by atoms with Crippen LogP contribution in [-0.4, -0.2) is 44.0 Å². The summed E-state index contributed by atoms with van der Waals surface area (Å²) in [5.74, 6) is -0.227. The molecular formula is C8H17N3O. The molecule has 2 atom stereocenters. The van der Waals surface area contributed by atoms with Crippen molar-refractivity contribution in [3.63, 3.8) is 0 Å². The molecule has 4 heteroatoms. The first kappa shape index (κ1) is 9.48. The summed E-state index contributed by atoms with van der Waals surface area (Å²) in [7, 11) is 3.98. The van der Waals surface area contributed by atoms with Crippen molar-refractivity contribution in [3.05, 3.63) is 0 Å². The summed E-state index contributed by atoms with van der Waals surface area (Å²) in [6.45, 7) is 1.70. The minimum absolute atomic E-state index is 0.0336.